The summed E-state index contributed by atoms with van der Waals surface area (Å²) in [7, 11) is 1.88. The predicted octanol–water partition coefficient (Wildman–Crippen LogP) is 2.13. The summed E-state index contributed by atoms with van der Waals surface area (Å²) in [5.41, 5.74) is 1.77. The Labute approximate surface area is 115 Å². The van der Waals surface area contributed by atoms with E-state index < -0.39 is 0 Å². The zero-order chi connectivity index (χ0) is 12.4. The van der Waals surface area contributed by atoms with Crippen LogP contribution in [0, 0.1) is 6.92 Å². The first kappa shape index (κ1) is 13.6. The third-order valence-electron chi connectivity index (χ3n) is 2.94. The van der Waals surface area contributed by atoms with Crippen LogP contribution in [-0.4, -0.2) is 43.5 Å². The summed E-state index contributed by atoms with van der Waals surface area (Å²) in [5, 5.41) is 15.5. The molecule has 2 atom stereocenters. The van der Waals surface area contributed by atoms with Gasteiger partial charge in [0.05, 0.1) is 22.5 Å². The van der Waals surface area contributed by atoms with Gasteiger partial charge in [0.2, 0.25) is 0 Å². The lowest BCUT2D eigenvalue weighted by atomic mass is 10.1. The smallest absolute Gasteiger partial charge is 0.0847 e. The highest BCUT2D eigenvalue weighted by molar-refractivity contribution is 8.06. The zero-order valence-electron chi connectivity index (χ0n) is 10.0. The molecule has 2 heterocycles. The van der Waals surface area contributed by atoms with Gasteiger partial charge in [-0.3, -0.25) is 4.68 Å². The van der Waals surface area contributed by atoms with Crippen LogP contribution in [0.5, 0.6) is 0 Å². The Balaban J connectivity index is 2.04. The van der Waals surface area contributed by atoms with Crippen molar-refractivity contribution in [3.8, 4) is 0 Å². The predicted molar refractivity (Wildman–Crippen MR) is 76.2 cm³/mol. The van der Waals surface area contributed by atoms with Crippen molar-refractivity contribution in [3.05, 3.63) is 16.4 Å². The second-order valence-corrected chi connectivity index (χ2v) is 7.10. The number of rotatable bonds is 3. The topological polar surface area (TPSA) is 38.0 Å². The summed E-state index contributed by atoms with van der Waals surface area (Å²) in [6, 6.07) is 0. The van der Waals surface area contributed by atoms with Crippen LogP contribution >= 0.6 is 35.1 Å². The average Bonchev–Trinajstić information content (AvgIpc) is 2.57. The third-order valence-corrected chi connectivity index (χ3v) is 6.33. The van der Waals surface area contributed by atoms with Gasteiger partial charge < -0.3 is 5.11 Å². The van der Waals surface area contributed by atoms with E-state index in [1.807, 2.05) is 37.5 Å². The molecule has 3 nitrogen and oxygen atoms in total. The van der Waals surface area contributed by atoms with Crippen LogP contribution in [0.4, 0.5) is 0 Å². The van der Waals surface area contributed by atoms with Crippen LogP contribution in [0.2, 0.25) is 5.02 Å². The first-order valence-corrected chi connectivity index (χ1v) is 8.23. The molecule has 0 radical (unpaired) electrons. The van der Waals surface area contributed by atoms with Crippen molar-refractivity contribution in [2.24, 2.45) is 7.05 Å². The van der Waals surface area contributed by atoms with E-state index in [0.717, 1.165) is 22.9 Å². The fraction of sp³-hybridized carbons (Fsp3) is 0.727. The number of aryl methyl sites for hydroxylation is 2. The Morgan fingerprint density at radius 1 is 1.59 bits per heavy atom. The Morgan fingerprint density at radius 2 is 2.35 bits per heavy atom. The van der Waals surface area contributed by atoms with Crippen molar-refractivity contribution >= 4 is 35.1 Å². The molecule has 0 aromatic carbocycles. The lowest BCUT2D eigenvalue weighted by molar-refractivity contribution is 0.175. The molecule has 1 saturated heterocycles. The van der Waals surface area contributed by atoms with Gasteiger partial charge in [-0.15, -0.1) is 0 Å². The molecule has 2 rings (SSSR count). The maximum atomic E-state index is 10.3. The number of thioether (sulfide) groups is 2. The largest absolute Gasteiger partial charge is 0.392 e. The van der Waals surface area contributed by atoms with E-state index in [1.165, 1.54) is 5.75 Å². The molecule has 1 aromatic rings. The van der Waals surface area contributed by atoms with Crippen molar-refractivity contribution in [1.82, 2.24) is 9.78 Å². The molecule has 96 valence electrons. The highest BCUT2D eigenvalue weighted by atomic mass is 35.5. The van der Waals surface area contributed by atoms with Crippen LogP contribution in [-0.2, 0) is 13.5 Å². The summed E-state index contributed by atoms with van der Waals surface area (Å²) in [6.07, 6.45) is 0.258. The Morgan fingerprint density at radius 3 is 2.88 bits per heavy atom. The molecule has 1 N–H and O–H groups in total. The Bertz CT molecular complexity index is 391. The average molecular weight is 293 g/mol. The van der Waals surface area contributed by atoms with E-state index in [-0.39, 0.29) is 6.10 Å². The maximum Gasteiger partial charge on any atom is 0.0847 e. The molecule has 17 heavy (non-hydrogen) atoms. The third kappa shape index (κ3) is 3.13. The van der Waals surface area contributed by atoms with Gasteiger partial charge in [0.1, 0.15) is 0 Å². The van der Waals surface area contributed by atoms with Gasteiger partial charge in [0.25, 0.3) is 0 Å². The second kappa shape index (κ2) is 5.87. The van der Waals surface area contributed by atoms with Crippen molar-refractivity contribution in [3.63, 3.8) is 0 Å². The molecular weight excluding hydrogens is 276 g/mol. The molecule has 0 bridgehead atoms. The van der Waals surface area contributed by atoms with Crippen LogP contribution < -0.4 is 0 Å². The SMILES string of the molecule is Cc1nn(C)c(CC(O)C2CSCCS2)c1Cl. The molecule has 1 aliphatic heterocycles. The summed E-state index contributed by atoms with van der Waals surface area (Å²) in [5.74, 6) is 3.35. The van der Waals surface area contributed by atoms with Crippen LogP contribution in [0.25, 0.3) is 0 Å². The number of hydrogen-bond acceptors (Lipinski definition) is 4. The summed E-state index contributed by atoms with van der Waals surface area (Å²) < 4.78 is 1.78. The standard InChI is InChI=1S/C11H17ClN2OS2/c1-7-11(12)8(14(2)13-7)5-9(15)10-6-16-3-4-17-10/h9-10,15H,3-6H2,1-2H3. The quantitative estimate of drug-likeness (QED) is 0.926. The summed E-state index contributed by atoms with van der Waals surface area (Å²) in [4.78, 5) is 0. The summed E-state index contributed by atoms with van der Waals surface area (Å²) >= 11 is 9.98. The minimum atomic E-state index is -0.333. The monoisotopic (exact) mass is 292 g/mol. The van der Waals surface area contributed by atoms with Gasteiger partial charge in [0, 0.05) is 36.0 Å². The van der Waals surface area contributed by atoms with Gasteiger partial charge in [-0.25, -0.2) is 0 Å². The van der Waals surface area contributed by atoms with Crippen LogP contribution in [0.1, 0.15) is 11.4 Å². The van der Waals surface area contributed by atoms with Crippen molar-refractivity contribution in [1.29, 1.82) is 0 Å². The Hall–Kier alpha value is 0.160. The number of aromatic nitrogens is 2. The highest BCUT2D eigenvalue weighted by Crippen LogP contribution is 2.29. The molecule has 2 unspecified atom stereocenters. The van der Waals surface area contributed by atoms with E-state index in [4.69, 9.17) is 11.6 Å². The normalized spacial score (nSPS) is 22.7. The fourth-order valence-electron chi connectivity index (χ4n) is 1.96. The fourth-order valence-corrected chi connectivity index (χ4v) is 4.97. The molecule has 1 aromatic heterocycles. The molecule has 0 spiro atoms. The molecule has 1 fully saturated rings. The van der Waals surface area contributed by atoms with E-state index in [9.17, 15) is 5.11 Å². The molecule has 0 aliphatic carbocycles. The van der Waals surface area contributed by atoms with Crippen LogP contribution in [0.3, 0.4) is 0 Å². The van der Waals surface area contributed by atoms with E-state index in [2.05, 4.69) is 5.10 Å². The first-order chi connectivity index (χ1) is 8.09. The number of hydrogen-bond donors (Lipinski definition) is 1. The molecular formula is C11H17ClN2OS2. The van der Waals surface area contributed by atoms with E-state index in [1.54, 1.807) is 4.68 Å². The number of nitrogens with zero attached hydrogens (tertiary/aromatic N) is 2. The minimum Gasteiger partial charge on any atom is -0.392 e. The molecule has 0 amide bonds. The van der Waals surface area contributed by atoms with Gasteiger partial charge in [-0.1, -0.05) is 11.6 Å². The number of halogens is 1. The zero-order valence-corrected chi connectivity index (χ0v) is 12.4. The minimum absolute atomic E-state index is 0.319. The van der Waals surface area contributed by atoms with Crippen molar-refractivity contribution in [2.75, 3.05) is 17.3 Å². The van der Waals surface area contributed by atoms with E-state index >= 15 is 0 Å². The van der Waals surface area contributed by atoms with Gasteiger partial charge in [-0.2, -0.15) is 28.6 Å². The van der Waals surface area contributed by atoms with Gasteiger partial charge in [0.15, 0.2) is 0 Å². The summed E-state index contributed by atoms with van der Waals surface area (Å²) in [6.45, 7) is 1.89. The van der Waals surface area contributed by atoms with Crippen molar-refractivity contribution in [2.45, 2.75) is 24.7 Å². The first-order valence-electron chi connectivity index (χ1n) is 5.65. The highest BCUT2D eigenvalue weighted by Gasteiger charge is 2.25. The molecule has 1 aliphatic rings. The van der Waals surface area contributed by atoms with Crippen molar-refractivity contribution < 1.29 is 5.11 Å². The molecule has 6 heteroatoms. The number of aliphatic hydroxyl groups is 1. The number of aliphatic hydroxyl groups excluding tert-OH is 1. The lowest BCUT2D eigenvalue weighted by Gasteiger charge is -2.25. The Kier molecular flexibility index (Phi) is 4.69. The van der Waals surface area contributed by atoms with Gasteiger partial charge in [-0.05, 0) is 6.92 Å². The van der Waals surface area contributed by atoms with Gasteiger partial charge >= 0.3 is 0 Å². The molecule has 0 saturated carbocycles. The van der Waals surface area contributed by atoms with Crippen LogP contribution in [0.15, 0.2) is 0 Å². The maximum absolute atomic E-state index is 10.3. The second-order valence-electron chi connectivity index (χ2n) is 4.23. The lowest BCUT2D eigenvalue weighted by Crippen LogP contribution is -2.31. The van der Waals surface area contributed by atoms with E-state index in [0.29, 0.717) is 16.7 Å².